The number of thiophene rings is 1. The molecule has 0 saturated carbocycles. The average molecular weight is 329 g/mol. The predicted octanol–water partition coefficient (Wildman–Crippen LogP) is 2.36. The molecule has 0 aliphatic carbocycles. The molecule has 0 unspecified atom stereocenters. The highest BCUT2D eigenvalue weighted by Gasteiger charge is 2.12. The number of tetrazole rings is 1. The van der Waals surface area contributed by atoms with Gasteiger partial charge in [0.05, 0.1) is 17.7 Å². The van der Waals surface area contributed by atoms with E-state index in [0.29, 0.717) is 17.3 Å². The number of benzene rings is 1. The standard InChI is InChI=1S/C15H15N5O2S/c1-10-5-6-12(22-2)11(8-10)16-14(21)9-20-18-15(17-19-20)13-4-3-7-23-13/h3-8H,9H2,1-2H3,(H,16,21). The van der Waals surface area contributed by atoms with Crippen molar-refractivity contribution in [2.24, 2.45) is 0 Å². The van der Waals surface area contributed by atoms with E-state index in [1.807, 2.05) is 42.6 Å². The van der Waals surface area contributed by atoms with E-state index in [4.69, 9.17) is 4.74 Å². The zero-order valence-electron chi connectivity index (χ0n) is 12.7. The molecule has 0 aliphatic rings. The Labute approximate surface area is 136 Å². The van der Waals surface area contributed by atoms with Gasteiger partial charge in [0, 0.05) is 0 Å². The number of hydrogen-bond donors (Lipinski definition) is 1. The van der Waals surface area contributed by atoms with Crippen LogP contribution < -0.4 is 10.1 Å². The Morgan fingerprint density at radius 1 is 1.39 bits per heavy atom. The maximum atomic E-state index is 12.2. The Balaban J connectivity index is 1.69. The summed E-state index contributed by atoms with van der Waals surface area (Å²) in [4.78, 5) is 14.3. The molecule has 2 heterocycles. The number of ether oxygens (including phenoxy) is 1. The highest BCUT2D eigenvalue weighted by Crippen LogP contribution is 2.25. The van der Waals surface area contributed by atoms with Gasteiger partial charge in [-0.3, -0.25) is 4.79 Å². The van der Waals surface area contributed by atoms with Crippen LogP contribution in [-0.2, 0) is 11.3 Å². The maximum absolute atomic E-state index is 12.2. The molecule has 0 fully saturated rings. The summed E-state index contributed by atoms with van der Waals surface area (Å²) in [6.45, 7) is 1.93. The molecular weight excluding hydrogens is 314 g/mol. The lowest BCUT2D eigenvalue weighted by Gasteiger charge is -2.10. The van der Waals surface area contributed by atoms with Crippen molar-refractivity contribution in [2.75, 3.05) is 12.4 Å². The van der Waals surface area contributed by atoms with Crippen molar-refractivity contribution in [3.05, 3.63) is 41.3 Å². The molecule has 118 valence electrons. The second kappa shape index (κ2) is 6.57. The minimum atomic E-state index is -0.246. The van der Waals surface area contributed by atoms with Gasteiger partial charge in [-0.2, -0.15) is 4.80 Å². The largest absolute Gasteiger partial charge is 0.495 e. The summed E-state index contributed by atoms with van der Waals surface area (Å²) >= 11 is 1.52. The molecule has 1 amide bonds. The number of nitrogens with zero attached hydrogens (tertiary/aromatic N) is 4. The average Bonchev–Trinajstić information content (AvgIpc) is 3.18. The van der Waals surface area contributed by atoms with Gasteiger partial charge in [-0.1, -0.05) is 12.1 Å². The Kier molecular flexibility index (Phi) is 4.33. The van der Waals surface area contributed by atoms with Crippen molar-refractivity contribution in [1.82, 2.24) is 20.2 Å². The highest BCUT2D eigenvalue weighted by molar-refractivity contribution is 7.13. The van der Waals surface area contributed by atoms with E-state index in [1.54, 1.807) is 7.11 Å². The fourth-order valence-electron chi connectivity index (χ4n) is 2.05. The summed E-state index contributed by atoms with van der Waals surface area (Å²) in [5, 5.41) is 16.8. The summed E-state index contributed by atoms with van der Waals surface area (Å²) in [7, 11) is 1.56. The molecule has 0 aliphatic heterocycles. The van der Waals surface area contributed by atoms with E-state index in [0.717, 1.165) is 10.4 Å². The van der Waals surface area contributed by atoms with Gasteiger partial charge >= 0.3 is 0 Å². The van der Waals surface area contributed by atoms with Gasteiger partial charge in [-0.15, -0.1) is 21.5 Å². The highest BCUT2D eigenvalue weighted by atomic mass is 32.1. The molecule has 1 N–H and O–H groups in total. The van der Waals surface area contributed by atoms with Crippen LogP contribution in [0, 0.1) is 6.92 Å². The van der Waals surface area contributed by atoms with Gasteiger partial charge in [-0.05, 0) is 41.3 Å². The van der Waals surface area contributed by atoms with Crippen LogP contribution in [0.15, 0.2) is 35.7 Å². The number of aromatic nitrogens is 4. The van der Waals surface area contributed by atoms with Crippen LogP contribution in [0.5, 0.6) is 5.75 Å². The quantitative estimate of drug-likeness (QED) is 0.777. The predicted molar refractivity (Wildman–Crippen MR) is 87.5 cm³/mol. The van der Waals surface area contributed by atoms with Crippen LogP contribution in [0.3, 0.4) is 0 Å². The first kappa shape index (κ1) is 15.2. The number of carbonyl (C=O) groups excluding carboxylic acids is 1. The lowest BCUT2D eigenvalue weighted by Crippen LogP contribution is -2.20. The number of hydrogen-bond acceptors (Lipinski definition) is 6. The van der Waals surface area contributed by atoms with Crippen LogP contribution in [0.4, 0.5) is 5.69 Å². The van der Waals surface area contributed by atoms with Crippen LogP contribution in [0.25, 0.3) is 10.7 Å². The molecule has 2 aromatic heterocycles. The topological polar surface area (TPSA) is 81.9 Å². The number of carbonyl (C=O) groups is 1. The lowest BCUT2D eigenvalue weighted by molar-refractivity contribution is -0.117. The van der Waals surface area contributed by atoms with Crippen LogP contribution in [0.1, 0.15) is 5.56 Å². The number of aryl methyl sites for hydroxylation is 1. The molecule has 0 spiro atoms. The summed E-state index contributed by atoms with van der Waals surface area (Å²) in [5.74, 6) is 0.875. The van der Waals surface area contributed by atoms with Crippen molar-refractivity contribution < 1.29 is 9.53 Å². The molecule has 1 aromatic carbocycles. The molecule has 0 atom stereocenters. The smallest absolute Gasteiger partial charge is 0.248 e. The van der Waals surface area contributed by atoms with E-state index in [-0.39, 0.29) is 12.5 Å². The van der Waals surface area contributed by atoms with Crippen molar-refractivity contribution in [3.63, 3.8) is 0 Å². The van der Waals surface area contributed by atoms with E-state index in [1.165, 1.54) is 16.1 Å². The zero-order chi connectivity index (χ0) is 16.2. The van der Waals surface area contributed by atoms with Crippen molar-refractivity contribution >= 4 is 22.9 Å². The third-order valence-corrected chi connectivity index (χ3v) is 3.97. The van der Waals surface area contributed by atoms with E-state index in [2.05, 4.69) is 20.7 Å². The second-order valence-electron chi connectivity index (χ2n) is 4.87. The van der Waals surface area contributed by atoms with Crippen LogP contribution in [0.2, 0.25) is 0 Å². The summed E-state index contributed by atoms with van der Waals surface area (Å²) < 4.78 is 5.24. The molecule has 8 heteroatoms. The maximum Gasteiger partial charge on any atom is 0.248 e. The van der Waals surface area contributed by atoms with E-state index < -0.39 is 0 Å². The number of methoxy groups -OCH3 is 1. The first-order chi connectivity index (χ1) is 11.2. The molecule has 0 bridgehead atoms. The second-order valence-corrected chi connectivity index (χ2v) is 5.82. The summed E-state index contributed by atoms with van der Waals surface area (Å²) in [6, 6.07) is 9.40. The Morgan fingerprint density at radius 3 is 3.00 bits per heavy atom. The minimum absolute atomic E-state index is 0.0184. The van der Waals surface area contributed by atoms with Gasteiger partial charge in [0.1, 0.15) is 12.3 Å². The molecule has 7 nitrogen and oxygen atoms in total. The molecular formula is C15H15N5O2S. The fraction of sp³-hybridized carbons (Fsp3) is 0.200. The van der Waals surface area contributed by atoms with Crippen molar-refractivity contribution in [2.45, 2.75) is 13.5 Å². The van der Waals surface area contributed by atoms with Crippen LogP contribution >= 0.6 is 11.3 Å². The van der Waals surface area contributed by atoms with Gasteiger partial charge in [0.15, 0.2) is 0 Å². The Bertz CT molecular complexity index is 813. The van der Waals surface area contributed by atoms with Crippen molar-refractivity contribution in [1.29, 1.82) is 0 Å². The van der Waals surface area contributed by atoms with Gasteiger partial charge < -0.3 is 10.1 Å². The first-order valence-corrected chi connectivity index (χ1v) is 7.80. The molecule has 0 radical (unpaired) electrons. The monoisotopic (exact) mass is 329 g/mol. The summed E-state index contributed by atoms with van der Waals surface area (Å²) in [6.07, 6.45) is 0. The number of rotatable bonds is 5. The van der Waals surface area contributed by atoms with Gasteiger partial charge in [0.25, 0.3) is 0 Å². The van der Waals surface area contributed by atoms with Gasteiger partial charge in [0.2, 0.25) is 11.7 Å². The first-order valence-electron chi connectivity index (χ1n) is 6.92. The normalized spacial score (nSPS) is 10.5. The molecule has 3 rings (SSSR count). The van der Waals surface area contributed by atoms with Crippen LogP contribution in [-0.4, -0.2) is 33.2 Å². The Morgan fingerprint density at radius 2 is 2.26 bits per heavy atom. The lowest BCUT2D eigenvalue weighted by atomic mass is 10.2. The fourth-order valence-corrected chi connectivity index (χ4v) is 2.70. The number of nitrogens with one attached hydrogen (secondary N) is 1. The molecule has 23 heavy (non-hydrogen) atoms. The number of amides is 1. The summed E-state index contributed by atoms with van der Waals surface area (Å²) in [5.41, 5.74) is 1.65. The third-order valence-electron chi connectivity index (χ3n) is 3.11. The SMILES string of the molecule is COc1ccc(C)cc1NC(=O)Cn1nnc(-c2cccs2)n1. The Hall–Kier alpha value is -2.74. The van der Waals surface area contributed by atoms with Gasteiger partial charge in [-0.25, -0.2) is 0 Å². The van der Waals surface area contributed by atoms with E-state index in [9.17, 15) is 4.79 Å². The third kappa shape index (κ3) is 3.54. The minimum Gasteiger partial charge on any atom is -0.495 e. The molecule has 3 aromatic rings. The van der Waals surface area contributed by atoms with Crippen molar-refractivity contribution in [3.8, 4) is 16.5 Å². The zero-order valence-corrected chi connectivity index (χ0v) is 13.5. The molecule has 0 saturated heterocycles. The number of anilines is 1. The van der Waals surface area contributed by atoms with E-state index >= 15 is 0 Å².